The van der Waals surface area contributed by atoms with Gasteiger partial charge in [0.1, 0.15) is 5.01 Å². The molecule has 0 spiro atoms. The Morgan fingerprint density at radius 2 is 2.10 bits per heavy atom. The van der Waals surface area contributed by atoms with Crippen molar-refractivity contribution in [2.24, 2.45) is 0 Å². The normalized spacial score (nSPS) is 10.5. The molecule has 0 aliphatic heterocycles. The van der Waals surface area contributed by atoms with Gasteiger partial charge in [0.25, 0.3) is 5.91 Å². The van der Waals surface area contributed by atoms with Crippen LogP contribution in [0, 0.1) is 6.92 Å². The summed E-state index contributed by atoms with van der Waals surface area (Å²) in [5, 5.41) is 5.87. The van der Waals surface area contributed by atoms with Crippen LogP contribution in [-0.2, 0) is 17.8 Å². The van der Waals surface area contributed by atoms with Gasteiger partial charge in [-0.25, -0.2) is 4.98 Å². The van der Waals surface area contributed by atoms with Gasteiger partial charge in [-0.05, 0) is 19.1 Å². The Bertz CT molecular complexity index is 564. The van der Waals surface area contributed by atoms with E-state index in [1.54, 1.807) is 18.4 Å². The number of thiazole rings is 1. The van der Waals surface area contributed by atoms with E-state index in [9.17, 15) is 4.79 Å². The second kappa shape index (κ2) is 7.17. The average molecular weight is 290 g/mol. The highest BCUT2D eigenvalue weighted by molar-refractivity contribution is 7.09. The number of aryl methyl sites for hydroxylation is 1. The zero-order valence-corrected chi connectivity index (χ0v) is 12.5. The van der Waals surface area contributed by atoms with E-state index in [-0.39, 0.29) is 5.91 Å². The second-order valence-corrected chi connectivity index (χ2v) is 5.48. The third-order valence-electron chi connectivity index (χ3n) is 2.85. The van der Waals surface area contributed by atoms with E-state index < -0.39 is 0 Å². The predicted octanol–water partition coefficient (Wildman–Crippen LogP) is 2.57. The van der Waals surface area contributed by atoms with Gasteiger partial charge in [-0.3, -0.25) is 4.79 Å². The van der Waals surface area contributed by atoms with Crippen molar-refractivity contribution >= 4 is 17.2 Å². The molecule has 0 saturated heterocycles. The van der Waals surface area contributed by atoms with Gasteiger partial charge >= 0.3 is 0 Å². The van der Waals surface area contributed by atoms with Gasteiger partial charge in [-0.15, -0.1) is 11.3 Å². The highest BCUT2D eigenvalue weighted by atomic mass is 32.1. The van der Waals surface area contributed by atoms with Crippen LogP contribution in [0.2, 0.25) is 0 Å². The van der Waals surface area contributed by atoms with E-state index in [1.165, 1.54) is 0 Å². The van der Waals surface area contributed by atoms with Crippen molar-refractivity contribution in [1.29, 1.82) is 0 Å². The molecule has 2 aromatic rings. The maximum absolute atomic E-state index is 11.9. The molecule has 0 aliphatic carbocycles. The molecular weight excluding hydrogens is 272 g/mol. The molecule has 0 atom stereocenters. The van der Waals surface area contributed by atoms with E-state index in [1.807, 2.05) is 36.6 Å². The average Bonchev–Trinajstić information content (AvgIpc) is 2.87. The number of methoxy groups -OCH3 is 1. The maximum Gasteiger partial charge on any atom is 0.251 e. The maximum atomic E-state index is 11.9. The first-order chi connectivity index (χ1) is 9.69. The number of hydrogen-bond acceptors (Lipinski definition) is 4. The van der Waals surface area contributed by atoms with Gasteiger partial charge in [-0.1, -0.05) is 17.7 Å². The van der Waals surface area contributed by atoms with Crippen LogP contribution >= 0.6 is 11.3 Å². The third-order valence-corrected chi connectivity index (χ3v) is 3.72. The summed E-state index contributed by atoms with van der Waals surface area (Å²) in [6.07, 6.45) is 0.734. The van der Waals surface area contributed by atoms with Crippen LogP contribution in [-0.4, -0.2) is 24.5 Å². The fourth-order valence-electron chi connectivity index (χ4n) is 1.76. The summed E-state index contributed by atoms with van der Waals surface area (Å²) in [5.74, 6) is -0.0441. The summed E-state index contributed by atoms with van der Waals surface area (Å²) >= 11 is 1.58. The highest BCUT2D eigenvalue weighted by Gasteiger charge is 2.05. The topological polar surface area (TPSA) is 51.2 Å². The minimum Gasteiger partial charge on any atom is -0.378 e. The van der Waals surface area contributed by atoms with Crippen molar-refractivity contribution in [3.8, 4) is 0 Å². The van der Waals surface area contributed by atoms with Gasteiger partial charge in [0.2, 0.25) is 0 Å². The van der Waals surface area contributed by atoms with Crippen molar-refractivity contribution in [3.63, 3.8) is 0 Å². The Hall–Kier alpha value is -1.72. The number of rotatable bonds is 6. The lowest BCUT2D eigenvalue weighted by Crippen LogP contribution is -2.25. The number of nitrogens with zero attached hydrogens (tertiary/aromatic N) is 1. The molecule has 1 N–H and O–H groups in total. The zero-order valence-electron chi connectivity index (χ0n) is 11.7. The molecule has 106 valence electrons. The van der Waals surface area contributed by atoms with E-state index in [0.717, 1.165) is 22.7 Å². The van der Waals surface area contributed by atoms with Crippen LogP contribution < -0.4 is 5.32 Å². The monoisotopic (exact) mass is 290 g/mol. The van der Waals surface area contributed by atoms with Crippen LogP contribution in [0.15, 0.2) is 29.6 Å². The molecule has 4 nitrogen and oxygen atoms in total. The Morgan fingerprint density at radius 1 is 1.35 bits per heavy atom. The predicted molar refractivity (Wildman–Crippen MR) is 80.0 cm³/mol. The molecule has 0 bridgehead atoms. The fourth-order valence-corrected chi connectivity index (χ4v) is 2.56. The Morgan fingerprint density at radius 3 is 2.80 bits per heavy atom. The molecule has 2 rings (SSSR count). The lowest BCUT2D eigenvalue weighted by atomic mass is 10.1. The van der Waals surface area contributed by atoms with E-state index in [2.05, 4.69) is 10.3 Å². The minimum absolute atomic E-state index is 0.0441. The second-order valence-electron chi connectivity index (χ2n) is 4.54. The zero-order chi connectivity index (χ0) is 14.4. The van der Waals surface area contributed by atoms with Crippen LogP contribution in [0.25, 0.3) is 0 Å². The molecule has 1 aromatic carbocycles. The Kier molecular flexibility index (Phi) is 5.26. The fraction of sp³-hybridized carbons (Fsp3) is 0.333. The lowest BCUT2D eigenvalue weighted by Gasteiger charge is -2.04. The summed E-state index contributed by atoms with van der Waals surface area (Å²) in [7, 11) is 1.66. The first-order valence-electron chi connectivity index (χ1n) is 6.46. The number of hydrogen-bond donors (Lipinski definition) is 1. The largest absolute Gasteiger partial charge is 0.378 e. The summed E-state index contributed by atoms with van der Waals surface area (Å²) in [5.41, 5.74) is 2.83. The molecule has 1 heterocycles. The number of benzene rings is 1. The van der Waals surface area contributed by atoms with Crippen molar-refractivity contribution in [3.05, 3.63) is 51.5 Å². The first-order valence-corrected chi connectivity index (χ1v) is 7.34. The first kappa shape index (κ1) is 14.7. The molecular formula is C15H18N2O2S. The summed E-state index contributed by atoms with van der Waals surface area (Å²) in [4.78, 5) is 16.3. The van der Waals surface area contributed by atoms with Gasteiger partial charge in [0.15, 0.2) is 0 Å². The van der Waals surface area contributed by atoms with Crippen LogP contribution in [0.3, 0.4) is 0 Å². The van der Waals surface area contributed by atoms with Gasteiger partial charge < -0.3 is 10.1 Å². The van der Waals surface area contributed by atoms with Crippen LogP contribution in [0.5, 0.6) is 0 Å². The number of carbonyl (C=O) groups is 1. The molecule has 0 saturated carbocycles. The third kappa shape index (κ3) is 4.15. The molecule has 0 aliphatic rings. The molecule has 1 aromatic heterocycles. The summed E-state index contributed by atoms with van der Waals surface area (Å²) < 4.78 is 5.03. The van der Waals surface area contributed by atoms with Crippen molar-refractivity contribution in [1.82, 2.24) is 10.3 Å². The minimum atomic E-state index is -0.0441. The van der Waals surface area contributed by atoms with E-state index >= 15 is 0 Å². The molecule has 0 fully saturated rings. The van der Waals surface area contributed by atoms with Crippen LogP contribution in [0.4, 0.5) is 0 Å². The quantitative estimate of drug-likeness (QED) is 0.889. The standard InChI is InChI=1S/C15H18N2O2S/c1-11-3-5-12(6-4-11)15(18)16-8-7-13-10-20-14(17-13)9-19-2/h3-6,10H,7-9H2,1-2H3,(H,16,18). The highest BCUT2D eigenvalue weighted by Crippen LogP contribution is 2.10. The SMILES string of the molecule is COCc1nc(CCNC(=O)c2ccc(C)cc2)cs1. The molecule has 0 unspecified atom stereocenters. The number of nitrogens with one attached hydrogen (secondary N) is 1. The number of aromatic nitrogens is 1. The molecule has 1 amide bonds. The van der Waals surface area contributed by atoms with Crippen molar-refractivity contribution < 1.29 is 9.53 Å². The Labute approximate surface area is 122 Å². The van der Waals surface area contributed by atoms with Gasteiger partial charge in [-0.2, -0.15) is 0 Å². The van der Waals surface area contributed by atoms with Crippen molar-refractivity contribution in [2.45, 2.75) is 20.0 Å². The van der Waals surface area contributed by atoms with Gasteiger partial charge in [0, 0.05) is 31.0 Å². The molecule has 5 heteroatoms. The number of ether oxygens (including phenoxy) is 1. The smallest absolute Gasteiger partial charge is 0.251 e. The number of carbonyl (C=O) groups excluding carboxylic acids is 1. The number of amides is 1. The molecule has 20 heavy (non-hydrogen) atoms. The van der Waals surface area contributed by atoms with E-state index in [0.29, 0.717) is 18.7 Å². The molecule has 0 radical (unpaired) electrons. The Balaban J connectivity index is 1.80. The van der Waals surface area contributed by atoms with Crippen molar-refractivity contribution in [2.75, 3.05) is 13.7 Å². The lowest BCUT2D eigenvalue weighted by molar-refractivity contribution is 0.0954. The van der Waals surface area contributed by atoms with Gasteiger partial charge in [0.05, 0.1) is 12.3 Å². The summed E-state index contributed by atoms with van der Waals surface area (Å²) in [6.45, 7) is 3.13. The van der Waals surface area contributed by atoms with Crippen LogP contribution in [0.1, 0.15) is 26.6 Å². The van der Waals surface area contributed by atoms with E-state index in [4.69, 9.17) is 4.74 Å². The summed E-state index contributed by atoms with van der Waals surface area (Å²) in [6, 6.07) is 7.55.